The minimum absolute atomic E-state index is 0.0697. The van der Waals surface area contributed by atoms with E-state index >= 15 is 0 Å². The van der Waals surface area contributed by atoms with Crippen molar-refractivity contribution >= 4 is 11.6 Å². The fourth-order valence-corrected chi connectivity index (χ4v) is 2.60. The molecule has 1 saturated heterocycles. The van der Waals surface area contributed by atoms with Gasteiger partial charge in [0.2, 0.25) is 0 Å². The Labute approximate surface area is 117 Å². The number of hydrogen-bond acceptors (Lipinski definition) is 4. The highest BCUT2D eigenvalue weighted by atomic mass is 16.6. The number of carbonyl (C=O) groups is 1. The van der Waals surface area contributed by atoms with Crippen molar-refractivity contribution in [2.24, 2.45) is 5.92 Å². The molecule has 1 heterocycles. The van der Waals surface area contributed by atoms with Crippen LogP contribution in [-0.4, -0.2) is 40.5 Å². The predicted octanol–water partition coefficient (Wildman–Crippen LogP) is 1.83. The van der Waals surface area contributed by atoms with Gasteiger partial charge in [0.05, 0.1) is 4.92 Å². The monoisotopic (exact) mass is 278 g/mol. The summed E-state index contributed by atoms with van der Waals surface area (Å²) in [5.74, 6) is 0.146. The van der Waals surface area contributed by atoms with Crippen molar-refractivity contribution in [3.8, 4) is 0 Å². The number of amides is 1. The molecule has 0 aromatic heterocycles. The number of aliphatic hydroxyl groups is 1. The first-order chi connectivity index (χ1) is 9.61. The summed E-state index contributed by atoms with van der Waals surface area (Å²) in [6.45, 7) is 1.41. The summed E-state index contributed by atoms with van der Waals surface area (Å²) in [7, 11) is 0. The zero-order chi connectivity index (χ0) is 14.5. The average molecular weight is 278 g/mol. The molecule has 0 bridgehead atoms. The highest BCUT2D eigenvalue weighted by Crippen LogP contribution is 2.22. The van der Waals surface area contributed by atoms with Gasteiger partial charge in [0.1, 0.15) is 0 Å². The molecular weight excluding hydrogens is 260 g/mol. The van der Waals surface area contributed by atoms with Crippen molar-refractivity contribution < 1.29 is 14.8 Å². The lowest BCUT2D eigenvalue weighted by Crippen LogP contribution is -2.40. The van der Waals surface area contributed by atoms with Gasteiger partial charge in [-0.05, 0) is 31.2 Å². The second-order valence-corrected chi connectivity index (χ2v) is 5.08. The zero-order valence-electron chi connectivity index (χ0n) is 11.2. The van der Waals surface area contributed by atoms with Crippen molar-refractivity contribution in [1.29, 1.82) is 0 Å². The third-order valence-electron chi connectivity index (χ3n) is 3.65. The fourth-order valence-electron chi connectivity index (χ4n) is 2.60. The van der Waals surface area contributed by atoms with Crippen LogP contribution >= 0.6 is 0 Å². The summed E-state index contributed by atoms with van der Waals surface area (Å²) < 4.78 is 0. The normalized spacial score (nSPS) is 18.9. The highest BCUT2D eigenvalue weighted by molar-refractivity contribution is 5.94. The number of benzene rings is 1. The maximum atomic E-state index is 12.4. The Morgan fingerprint density at radius 2 is 2.30 bits per heavy atom. The Kier molecular flexibility index (Phi) is 4.68. The number of hydrogen-bond donors (Lipinski definition) is 1. The molecule has 1 aromatic rings. The molecule has 0 aliphatic carbocycles. The molecule has 1 atom stereocenters. The first-order valence-corrected chi connectivity index (χ1v) is 6.76. The largest absolute Gasteiger partial charge is 0.396 e. The molecule has 0 spiro atoms. The number of nitrogens with zero attached hydrogens (tertiary/aromatic N) is 2. The fraction of sp³-hybridized carbons (Fsp3) is 0.500. The molecule has 0 radical (unpaired) electrons. The van der Waals surface area contributed by atoms with Crippen LogP contribution in [0.4, 0.5) is 5.69 Å². The molecule has 1 unspecified atom stereocenters. The van der Waals surface area contributed by atoms with Crippen molar-refractivity contribution in [2.45, 2.75) is 19.3 Å². The van der Waals surface area contributed by atoms with Crippen molar-refractivity contribution in [2.75, 3.05) is 19.7 Å². The van der Waals surface area contributed by atoms with Gasteiger partial charge in [-0.2, -0.15) is 0 Å². The standard InChI is InChI=1S/C14H18N2O4/c17-8-6-11-3-2-7-15(10-11)14(18)12-4-1-5-13(9-12)16(19)20/h1,4-5,9,11,17H,2-3,6-8,10H2. The molecule has 6 heteroatoms. The Balaban J connectivity index is 2.10. The van der Waals surface area contributed by atoms with E-state index in [-0.39, 0.29) is 18.2 Å². The van der Waals surface area contributed by atoms with E-state index in [9.17, 15) is 14.9 Å². The topological polar surface area (TPSA) is 83.7 Å². The molecule has 20 heavy (non-hydrogen) atoms. The van der Waals surface area contributed by atoms with Crippen LogP contribution in [0.5, 0.6) is 0 Å². The van der Waals surface area contributed by atoms with E-state index in [4.69, 9.17) is 5.11 Å². The summed E-state index contributed by atoms with van der Waals surface area (Å²) >= 11 is 0. The SMILES string of the molecule is O=C(c1cccc([N+](=O)[O-])c1)N1CCCC(CCO)C1. The van der Waals surface area contributed by atoms with Crippen LogP contribution < -0.4 is 0 Å². The highest BCUT2D eigenvalue weighted by Gasteiger charge is 2.24. The minimum atomic E-state index is -0.498. The molecule has 1 aromatic carbocycles. The van der Waals surface area contributed by atoms with Crippen molar-refractivity contribution in [3.05, 3.63) is 39.9 Å². The second kappa shape index (κ2) is 6.47. The molecule has 1 fully saturated rings. The third-order valence-corrected chi connectivity index (χ3v) is 3.65. The van der Waals surface area contributed by atoms with E-state index in [1.807, 2.05) is 0 Å². The molecule has 6 nitrogen and oxygen atoms in total. The van der Waals surface area contributed by atoms with E-state index in [0.717, 1.165) is 12.8 Å². The Morgan fingerprint density at radius 3 is 3.00 bits per heavy atom. The number of nitro groups is 1. The summed E-state index contributed by atoms with van der Waals surface area (Å²) in [5, 5.41) is 19.7. The number of likely N-dealkylation sites (tertiary alicyclic amines) is 1. The molecule has 1 N–H and O–H groups in total. The molecule has 108 valence electrons. The molecule has 2 rings (SSSR count). The van der Waals surface area contributed by atoms with E-state index < -0.39 is 4.92 Å². The van der Waals surface area contributed by atoms with Crippen LogP contribution in [0.2, 0.25) is 0 Å². The summed E-state index contributed by atoms with van der Waals surface area (Å²) in [4.78, 5) is 24.3. The first-order valence-electron chi connectivity index (χ1n) is 6.76. The first kappa shape index (κ1) is 14.5. The number of carbonyl (C=O) groups excluding carboxylic acids is 1. The maximum Gasteiger partial charge on any atom is 0.270 e. The van der Waals surface area contributed by atoms with Gasteiger partial charge in [0.25, 0.3) is 11.6 Å². The van der Waals surface area contributed by atoms with Gasteiger partial charge in [0, 0.05) is 37.4 Å². The van der Waals surface area contributed by atoms with Crippen molar-refractivity contribution in [1.82, 2.24) is 4.90 Å². The van der Waals surface area contributed by atoms with E-state index in [2.05, 4.69) is 0 Å². The third kappa shape index (κ3) is 3.33. The second-order valence-electron chi connectivity index (χ2n) is 5.08. The van der Waals surface area contributed by atoms with Gasteiger partial charge >= 0.3 is 0 Å². The molecule has 1 aliphatic rings. The molecule has 0 saturated carbocycles. The van der Waals surface area contributed by atoms with Gasteiger partial charge in [-0.1, -0.05) is 6.07 Å². The van der Waals surface area contributed by atoms with E-state index in [1.165, 1.54) is 18.2 Å². The Bertz CT molecular complexity index is 502. The summed E-state index contributed by atoms with van der Waals surface area (Å²) in [5.41, 5.74) is 0.281. The smallest absolute Gasteiger partial charge is 0.270 e. The van der Waals surface area contributed by atoms with Gasteiger partial charge in [-0.25, -0.2) is 0 Å². The molecule has 1 amide bonds. The maximum absolute atomic E-state index is 12.4. The Hall–Kier alpha value is -1.95. The number of aliphatic hydroxyl groups excluding tert-OH is 1. The summed E-state index contributed by atoms with van der Waals surface area (Å²) in [6, 6.07) is 5.82. The minimum Gasteiger partial charge on any atom is -0.396 e. The van der Waals surface area contributed by atoms with Gasteiger partial charge < -0.3 is 10.0 Å². The molecular formula is C14H18N2O4. The quantitative estimate of drug-likeness (QED) is 0.672. The lowest BCUT2D eigenvalue weighted by atomic mass is 9.94. The number of piperidine rings is 1. The lowest BCUT2D eigenvalue weighted by molar-refractivity contribution is -0.384. The number of non-ortho nitro benzene ring substituents is 1. The van der Waals surface area contributed by atoms with E-state index in [1.54, 1.807) is 11.0 Å². The zero-order valence-corrected chi connectivity index (χ0v) is 11.2. The van der Waals surface area contributed by atoms with Gasteiger partial charge in [0.15, 0.2) is 0 Å². The van der Waals surface area contributed by atoms with E-state index in [0.29, 0.717) is 31.0 Å². The van der Waals surface area contributed by atoms with Gasteiger partial charge in [-0.15, -0.1) is 0 Å². The number of nitro benzene ring substituents is 1. The van der Waals surface area contributed by atoms with Gasteiger partial charge in [-0.3, -0.25) is 14.9 Å². The van der Waals surface area contributed by atoms with Crippen LogP contribution in [0.15, 0.2) is 24.3 Å². The summed E-state index contributed by atoms with van der Waals surface area (Å²) in [6.07, 6.45) is 2.61. The number of rotatable bonds is 4. The van der Waals surface area contributed by atoms with Crippen LogP contribution in [0.1, 0.15) is 29.6 Å². The average Bonchev–Trinajstić information content (AvgIpc) is 2.47. The lowest BCUT2D eigenvalue weighted by Gasteiger charge is -2.32. The van der Waals surface area contributed by atoms with Crippen LogP contribution in [0.3, 0.4) is 0 Å². The predicted molar refractivity (Wildman–Crippen MR) is 73.4 cm³/mol. The van der Waals surface area contributed by atoms with Crippen LogP contribution in [0, 0.1) is 16.0 Å². The van der Waals surface area contributed by atoms with Crippen molar-refractivity contribution in [3.63, 3.8) is 0 Å². The van der Waals surface area contributed by atoms with Crippen LogP contribution in [-0.2, 0) is 0 Å². The molecule has 1 aliphatic heterocycles. The van der Waals surface area contributed by atoms with Crippen LogP contribution in [0.25, 0.3) is 0 Å². The Morgan fingerprint density at radius 1 is 1.50 bits per heavy atom.